The molecule has 0 heterocycles. The molecule has 1 aromatic carbocycles. The van der Waals surface area contributed by atoms with Crippen molar-refractivity contribution in [2.45, 2.75) is 25.2 Å². The van der Waals surface area contributed by atoms with Crippen molar-refractivity contribution in [2.75, 3.05) is 0 Å². The van der Waals surface area contributed by atoms with Crippen molar-refractivity contribution in [1.29, 1.82) is 0 Å². The van der Waals surface area contributed by atoms with Gasteiger partial charge in [0.25, 0.3) is 0 Å². The molecule has 1 aliphatic rings. The van der Waals surface area contributed by atoms with Crippen LogP contribution in [0.15, 0.2) is 29.4 Å². The lowest BCUT2D eigenvalue weighted by Gasteiger charge is -2.07. The van der Waals surface area contributed by atoms with Crippen molar-refractivity contribution >= 4 is 6.21 Å². The molecule has 2 nitrogen and oxygen atoms in total. The average Bonchev–Trinajstić information content (AvgIpc) is 2.87. The molecule has 1 N–H and O–H groups in total. The van der Waals surface area contributed by atoms with Gasteiger partial charge < -0.3 is 5.21 Å². The zero-order valence-corrected chi connectivity index (χ0v) is 7.70. The maximum absolute atomic E-state index is 8.33. The quantitative estimate of drug-likeness (QED) is 0.418. The number of nitrogens with zero attached hydrogens (tertiary/aromatic N) is 1. The number of hydrogen-bond acceptors (Lipinski definition) is 2. The van der Waals surface area contributed by atoms with Crippen LogP contribution in [0.3, 0.4) is 0 Å². The third-order valence-corrected chi connectivity index (χ3v) is 2.81. The lowest BCUT2D eigenvalue weighted by atomic mass is 9.97. The molecular formula is C11H13NO. The Kier molecular flexibility index (Phi) is 1.83. The van der Waals surface area contributed by atoms with Crippen LogP contribution in [0.2, 0.25) is 0 Å². The summed E-state index contributed by atoms with van der Waals surface area (Å²) in [6.45, 7) is 2.28. The lowest BCUT2D eigenvalue weighted by molar-refractivity contribution is 0.322. The minimum atomic E-state index is 0.425. The van der Waals surface area contributed by atoms with E-state index in [0.29, 0.717) is 5.41 Å². The highest BCUT2D eigenvalue weighted by atomic mass is 16.4. The lowest BCUT2D eigenvalue weighted by Crippen LogP contribution is -1.98. The summed E-state index contributed by atoms with van der Waals surface area (Å²) in [4.78, 5) is 0. The van der Waals surface area contributed by atoms with Gasteiger partial charge in [-0.3, -0.25) is 0 Å². The average molecular weight is 175 g/mol. The van der Waals surface area contributed by atoms with Gasteiger partial charge in [-0.15, -0.1) is 0 Å². The van der Waals surface area contributed by atoms with Gasteiger partial charge >= 0.3 is 0 Å². The van der Waals surface area contributed by atoms with Crippen LogP contribution in [-0.2, 0) is 5.41 Å². The van der Waals surface area contributed by atoms with Crippen LogP contribution < -0.4 is 0 Å². The van der Waals surface area contributed by atoms with Crippen molar-refractivity contribution in [2.24, 2.45) is 5.16 Å². The molecule has 0 bridgehead atoms. The van der Waals surface area contributed by atoms with E-state index in [1.54, 1.807) is 0 Å². The molecule has 0 aliphatic heterocycles. The van der Waals surface area contributed by atoms with Gasteiger partial charge in [0.05, 0.1) is 6.21 Å². The molecule has 0 atom stereocenters. The SMILES string of the molecule is CC1(c2ccc(C=NO)cc2)CC1. The molecule has 0 unspecified atom stereocenters. The summed E-state index contributed by atoms with van der Waals surface area (Å²) in [5.41, 5.74) is 2.76. The Bertz CT molecular complexity index is 322. The molecule has 0 saturated heterocycles. The number of benzene rings is 1. The minimum absolute atomic E-state index is 0.425. The maximum Gasteiger partial charge on any atom is 0.0733 e. The summed E-state index contributed by atoms with van der Waals surface area (Å²) in [7, 11) is 0. The first-order valence-corrected chi connectivity index (χ1v) is 4.53. The maximum atomic E-state index is 8.33. The summed E-state index contributed by atoms with van der Waals surface area (Å²) < 4.78 is 0. The van der Waals surface area contributed by atoms with Crippen LogP contribution in [0.1, 0.15) is 30.9 Å². The van der Waals surface area contributed by atoms with E-state index in [-0.39, 0.29) is 0 Å². The molecular weight excluding hydrogens is 162 g/mol. The summed E-state index contributed by atoms with van der Waals surface area (Å²) in [6.07, 6.45) is 4.03. The van der Waals surface area contributed by atoms with E-state index in [0.717, 1.165) is 5.56 Å². The van der Waals surface area contributed by atoms with Crippen LogP contribution in [0.25, 0.3) is 0 Å². The Labute approximate surface area is 77.9 Å². The van der Waals surface area contributed by atoms with E-state index in [9.17, 15) is 0 Å². The fourth-order valence-electron chi connectivity index (χ4n) is 1.51. The molecule has 1 aliphatic carbocycles. The van der Waals surface area contributed by atoms with Crippen molar-refractivity contribution < 1.29 is 5.21 Å². The van der Waals surface area contributed by atoms with Crippen LogP contribution in [0.5, 0.6) is 0 Å². The van der Waals surface area contributed by atoms with Gasteiger partial charge in [-0.1, -0.05) is 36.3 Å². The Morgan fingerprint density at radius 3 is 2.38 bits per heavy atom. The molecule has 1 aromatic rings. The molecule has 0 radical (unpaired) electrons. The molecule has 68 valence electrons. The van der Waals surface area contributed by atoms with Crippen molar-refractivity contribution in [1.82, 2.24) is 0 Å². The minimum Gasteiger partial charge on any atom is -0.411 e. The van der Waals surface area contributed by atoms with Gasteiger partial charge in [-0.05, 0) is 29.4 Å². The standard InChI is InChI=1S/C11H13NO/c1-11(6-7-11)10-4-2-9(3-5-10)8-12-13/h2-5,8,13H,6-7H2,1H3. The van der Waals surface area contributed by atoms with Gasteiger partial charge in [0.1, 0.15) is 0 Å². The molecule has 0 aromatic heterocycles. The topological polar surface area (TPSA) is 32.6 Å². The second-order valence-electron chi connectivity index (χ2n) is 3.93. The molecule has 13 heavy (non-hydrogen) atoms. The first-order valence-electron chi connectivity index (χ1n) is 4.53. The van der Waals surface area contributed by atoms with Gasteiger partial charge in [0.2, 0.25) is 0 Å². The van der Waals surface area contributed by atoms with Crippen LogP contribution in [0.4, 0.5) is 0 Å². The van der Waals surface area contributed by atoms with E-state index in [2.05, 4.69) is 24.2 Å². The van der Waals surface area contributed by atoms with Crippen molar-refractivity contribution in [3.05, 3.63) is 35.4 Å². The second kappa shape index (κ2) is 2.87. The smallest absolute Gasteiger partial charge is 0.0733 e. The Morgan fingerprint density at radius 2 is 1.92 bits per heavy atom. The Hall–Kier alpha value is -1.31. The monoisotopic (exact) mass is 175 g/mol. The predicted octanol–water partition coefficient (Wildman–Crippen LogP) is 2.55. The van der Waals surface area contributed by atoms with Gasteiger partial charge in [0, 0.05) is 0 Å². The fourth-order valence-corrected chi connectivity index (χ4v) is 1.51. The van der Waals surface area contributed by atoms with Crippen LogP contribution in [0, 0.1) is 0 Å². The molecule has 0 amide bonds. The highest BCUT2D eigenvalue weighted by Gasteiger charge is 2.38. The molecule has 0 spiro atoms. The first kappa shape index (κ1) is 8.30. The molecule has 1 saturated carbocycles. The zero-order chi connectivity index (χ0) is 9.31. The fraction of sp³-hybridized carbons (Fsp3) is 0.364. The third-order valence-electron chi connectivity index (χ3n) is 2.81. The van der Waals surface area contributed by atoms with Gasteiger partial charge in [-0.25, -0.2) is 0 Å². The van der Waals surface area contributed by atoms with E-state index < -0.39 is 0 Å². The first-order chi connectivity index (χ1) is 6.24. The van der Waals surface area contributed by atoms with Crippen LogP contribution >= 0.6 is 0 Å². The summed E-state index contributed by atoms with van der Waals surface area (Å²) in [6, 6.07) is 8.20. The molecule has 2 rings (SSSR count). The number of hydrogen-bond donors (Lipinski definition) is 1. The predicted molar refractivity (Wildman–Crippen MR) is 52.4 cm³/mol. The van der Waals surface area contributed by atoms with Crippen molar-refractivity contribution in [3.63, 3.8) is 0 Å². The molecule has 1 fully saturated rings. The van der Waals surface area contributed by atoms with Crippen LogP contribution in [-0.4, -0.2) is 11.4 Å². The Balaban J connectivity index is 2.23. The Morgan fingerprint density at radius 1 is 1.31 bits per heavy atom. The zero-order valence-electron chi connectivity index (χ0n) is 7.70. The normalized spacial score (nSPS) is 19.2. The third kappa shape index (κ3) is 1.57. The van der Waals surface area contributed by atoms with Crippen molar-refractivity contribution in [3.8, 4) is 0 Å². The van der Waals surface area contributed by atoms with Gasteiger partial charge in [0.15, 0.2) is 0 Å². The highest BCUT2D eigenvalue weighted by Crippen LogP contribution is 2.47. The summed E-state index contributed by atoms with van der Waals surface area (Å²) in [5, 5.41) is 11.3. The second-order valence-corrected chi connectivity index (χ2v) is 3.93. The van der Waals surface area contributed by atoms with E-state index in [1.165, 1.54) is 24.6 Å². The largest absolute Gasteiger partial charge is 0.411 e. The highest BCUT2D eigenvalue weighted by molar-refractivity contribution is 5.79. The number of oxime groups is 1. The van der Waals surface area contributed by atoms with E-state index in [4.69, 9.17) is 5.21 Å². The molecule has 2 heteroatoms. The van der Waals surface area contributed by atoms with E-state index in [1.807, 2.05) is 12.1 Å². The summed E-state index contributed by atoms with van der Waals surface area (Å²) >= 11 is 0. The van der Waals surface area contributed by atoms with E-state index >= 15 is 0 Å². The summed E-state index contributed by atoms with van der Waals surface area (Å²) in [5.74, 6) is 0. The number of rotatable bonds is 2. The van der Waals surface area contributed by atoms with Gasteiger partial charge in [-0.2, -0.15) is 0 Å².